The first kappa shape index (κ1) is 24.5. The zero-order chi connectivity index (χ0) is 20.5. The van der Waals surface area contributed by atoms with Gasteiger partial charge in [0.2, 0.25) is 0 Å². The van der Waals surface area contributed by atoms with Crippen molar-refractivity contribution in [2.45, 2.75) is 110 Å². The first-order valence-electron chi connectivity index (χ1n) is 11.0. The first-order valence-corrected chi connectivity index (χ1v) is 11.0. The van der Waals surface area contributed by atoms with E-state index in [1.165, 1.54) is 44.9 Å². The lowest BCUT2D eigenvalue weighted by Crippen LogP contribution is -2.25. The number of hydrogen-bond acceptors (Lipinski definition) is 4. The van der Waals surface area contributed by atoms with Crippen LogP contribution in [0.2, 0.25) is 0 Å². The topological polar surface area (TPSA) is 44.8 Å². The van der Waals surface area contributed by atoms with E-state index in [-0.39, 0.29) is 18.7 Å². The van der Waals surface area contributed by atoms with Crippen molar-refractivity contribution in [3.05, 3.63) is 0 Å². The molecule has 0 bridgehead atoms. The normalized spacial score (nSPS) is 17.3. The Kier molecular flexibility index (Phi) is 13.5. The number of ether oxygens (including phenoxy) is 3. The third-order valence-corrected chi connectivity index (χ3v) is 4.57. The van der Waals surface area contributed by atoms with Crippen LogP contribution in [-0.2, 0) is 19.0 Å². The van der Waals surface area contributed by atoms with Crippen molar-refractivity contribution in [3.63, 3.8) is 0 Å². The van der Waals surface area contributed by atoms with Crippen molar-refractivity contribution in [3.8, 4) is 23.7 Å². The second-order valence-electron chi connectivity index (χ2n) is 7.82. The second kappa shape index (κ2) is 15.4. The Hall–Kier alpha value is -1.49. The standard InChI is InChI=1S/C24H38O4/c1-4-5-6-7-8-9-10-11-12-13-14-15-16-17-18-19-23(25)26-20-22-21-27-24(2,3)28-22/h22H,4-11,16-21H2,1-3H3. The summed E-state index contributed by atoms with van der Waals surface area (Å²) in [6.07, 6.45) is 12.8. The van der Waals surface area contributed by atoms with E-state index in [0.29, 0.717) is 13.0 Å². The van der Waals surface area contributed by atoms with E-state index in [4.69, 9.17) is 14.2 Å². The van der Waals surface area contributed by atoms with Gasteiger partial charge in [0.05, 0.1) is 6.61 Å². The molecule has 0 aromatic heterocycles. The van der Waals surface area contributed by atoms with Crippen LogP contribution >= 0.6 is 0 Å². The second-order valence-corrected chi connectivity index (χ2v) is 7.82. The van der Waals surface area contributed by atoms with Crippen LogP contribution in [0.1, 0.15) is 97.8 Å². The van der Waals surface area contributed by atoms with Gasteiger partial charge in [-0.05, 0) is 45.0 Å². The Morgan fingerprint density at radius 1 is 0.964 bits per heavy atom. The van der Waals surface area contributed by atoms with Gasteiger partial charge in [0, 0.05) is 19.3 Å². The Bertz CT molecular complexity index is 544. The van der Waals surface area contributed by atoms with Crippen molar-refractivity contribution in [1.29, 1.82) is 0 Å². The summed E-state index contributed by atoms with van der Waals surface area (Å²) in [6.45, 7) is 6.69. The fraction of sp³-hybridized carbons (Fsp3) is 0.792. The summed E-state index contributed by atoms with van der Waals surface area (Å²) in [5.41, 5.74) is 0. The minimum absolute atomic E-state index is 0.163. The molecule has 1 fully saturated rings. The minimum atomic E-state index is -0.577. The maximum Gasteiger partial charge on any atom is 0.305 e. The molecule has 0 saturated carbocycles. The van der Waals surface area contributed by atoms with Crippen molar-refractivity contribution in [1.82, 2.24) is 0 Å². The zero-order valence-electron chi connectivity index (χ0n) is 18.1. The van der Waals surface area contributed by atoms with Crippen LogP contribution in [0.3, 0.4) is 0 Å². The van der Waals surface area contributed by atoms with Gasteiger partial charge in [0.15, 0.2) is 5.79 Å². The Labute approximate surface area is 172 Å². The van der Waals surface area contributed by atoms with Crippen molar-refractivity contribution >= 4 is 5.97 Å². The Morgan fingerprint density at radius 2 is 1.57 bits per heavy atom. The van der Waals surface area contributed by atoms with Gasteiger partial charge in [0.25, 0.3) is 0 Å². The molecule has 0 aliphatic carbocycles. The molecule has 1 heterocycles. The zero-order valence-corrected chi connectivity index (χ0v) is 18.1. The molecule has 1 unspecified atom stereocenters. The highest BCUT2D eigenvalue weighted by molar-refractivity contribution is 5.69. The molecule has 1 atom stereocenters. The SMILES string of the molecule is CCCCCCCCCC#CC#CCCCCC(=O)OCC1COC(C)(C)O1. The first-order chi connectivity index (χ1) is 13.5. The highest BCUT2D eigenvalue weighted by atomic mass is 16.7. The molecule has 0 N–H and O–H groups in total. The highest BCUT2D eigenvalue weighted by Gasteiger charge is 2.33. The molecule has 1 aliphatic heterocycles. The van der Waals surface area contributed by atoms with Crippen molar-refractivity contribution in [2.24, 2.45) is 0 Å². The lowest BCUT2D eigenvalue weighted by molar-refractivity contribution is -0.158. The minimum Gasteiger partial charge on any atom is -0.463 e. The molecule has 158 valence electrons. The van der Waals surface area contributed by atoms with Gasteiger partial charge < -0.3 is 14.2 Å². The summed E-state index contributed by atoms with van der Waals surface area (Å²) in [5, 5.41) is 0. The van der Waals surface area contributed by atoms with Gasteiger partial charge in [-0.2, -0.15) is 0 Å². The third kappa shape index (κ3) is 13.6. The summed E-state index contributed by atoms with van der Waals surface area (Å²) in [6, 6.07) is 0. The Morgan fingerprint density at radius 3 is 2.18 bits per heavy atom. The number of carbonyl (C=O) groups is 1. The molecule has 1 rings (SSSR count). The van der Waals surface area contributed by atoms with E-state index in [2.05, 4.69) is 30.6 Å². The highest BCUT2D eigenvalue weighted by Crippen LogP contribution is 2.22. The lowest BCUT2D eigenvalue weighted by Gasteiger charge is -2.16. The van der Waals surface area contributed by atoms with Gasteiger partial charge in [-0.15, -0.1) is 0 Å². The van der Waals surface area contributed by atoms with Crippen LogP contribution in [-0.4, -0.2) is 31.1 Å². The van der Waals surface area contributed by atoms with Gasteiger partial charge in [-0.3, -0.25) is 4.79 Å². The lowest BCUT2D eigenvalue weighted by atomic mass is 10.1. The predicted octanol–water partition coefficient (Wildman–Crippen LogP) is 5.39. The summed E-state index contributed by atoms with van der Waals surface area (Å²) >= 11 is 0. The van der Waals surface area contributed by atoms with Gasteiger partial charge in [-0.1, -0.05) is 57.3 Å². The number of hydrogen-bond donors (Lipinski definition) is 0. The molecule has 1 saturated heterocycles. The molecule has 0 amide bonds. The molecule has 0 aromatic carbocycles. The van der Waals surface area contributed by atoms with Gasteiger partial charge in [0.1, 0.15) is 12.7 Å². The summed E-state index contributed by atoms with van der Waals surface area (Å²) in [7, 11) is 0. The number of esters is 1. The van der Waals surface area contributed by atoms with E-state index in [1.807, 2.05) is 13.8 Å². The van der Waals surface area contributed by atoms with Crippen LogP contribution in [0.5, 0.6) is 0 Å². The number of unbranched alkanes of at least 4 members (excludes halogenated alkanes) is 9. The van der Waals surface area contributed by atoms with E-state index in [1.54, 1.807) is 0 Å². The van der Waals surface area contributed by atoms with Crippen molar-refractivity contribution in [2.75, 3.05) is 13.2 Å². The molecular formula is C24H38O4. The molecule has 1 aliphatic rings. The average Bonchev–Trinajstić information content (AvgIpc) is 3.02. The molecule has 0 radical (unpaired) electrons. The molecule has 0 aromatic rings. The quantitative estimate of drug-likeness (QED) is 0.240. The third-order valence-electron chi connectivity index (χ3n) is 4.57. The largest absolute Gasteiger partial charge is 0.463 e. The van der Waals surface area contributed by atoms with Crippen LogP contribution in [0.25, 0.3) is 0 Å². The average molecular weight is 391 g/mol. The number of rotatable bonds is 13. The fourth-order valence-corrected chi connectivity index (χ4v) is 2.97. The molecule has 28 heavy (non-hydrogen) atoms. The fourth-order valence-electron chi connectivity index (χ4n) is 2.97. The molecule has 4 heteroatoms. The maximum absolute atomic E-state index is 11.7. The maximum atomic E-state index is 11.7. The van der Waals surface area contributed by atoms with E-state index in [9.17, 15) is 4.79 Å². The van der Waals surface area contributed by atoms with Crippen LogP contribution in [0, 0.1) is 23.7 Å². The molecule has 4 nitrogen and oxygen atoms in total. The summed E-state index contributed by atoms with van der Waals surface area (Å²) in [4.78, 5) is 11.7. The van der Waals surface area contributed by atoms with Gasteiger partial charge >= 0.3 is 5.97 Å². The number of carbonyl (C=O) groups excluding carboxylic acids is 1. The van der Waals surface area contributed by atoms with Crippen LogP contribution in [0.15, 0.2) is 0 Å². The van der Waals surface area contributed by atoms with Crippen molar-refractivity contribution < 1.29 is 19.0 Å². The van der Waals surface area contributed by atoms with Crippen LogP contribution < -0.4 is 0 Å². The monoisotopic (exact) mass is 390 g/mol. The summed E-state index contributed by atoms with van der Waals surface area (Å²) < 4.78 is 16.3. The smallest absolute Gasteiger partial charge is 0.305 e. The van der Waals surface area contributed by atoms with E-state index >= 15 is 0 Å². The summed E-state index contributed by atoms with van der Waals surface area (Å²) in [5.74, 6) is 11.3. The van der Waals surface area contributed by atoms with E-state index < -0.39 is 5.79 Å². The molecular weight excluding hydrogens is 352 g/mol. The predicted molar refractivity (Wildman–Crippen MR) is 112 cm³/mol. The van der Waals surface area contributed by atoms with Crippen LogP contribution in [0.4, 0.5) is 0 Å². The molecule has 0 spiro atoms. The van der Waals surface area contributed by atoms with Gasteiger partial charge in [-0.25, -0.2) is 0 Å². The Balaban J connectivity index is 1.91. The van der Waals surface area contributed by atoms with E-state index in [0.717, 1.165) is 25.7 Å².